The molecule has 0 amide bonds. The van der Waals surface area contributed by atoms with E-state index in [0.717, 1.165) is 16.8 Å². The van der Waals surface area contributed by atoms with E-state index in [1.54, 1.807) is 20.8 Å². The Hall–Kier alpha value is -2.46. The molecule has 1 saturated carbocycles. The highest BCUT2D eigenvalue weighted by Gasteiger charge is 2.67. The summed E-state index contributed by atoms with van der Waals surface area (Å²) in [7, 11) is 0. The molecule has 2 aromatic rings. The predicted octanol–water partition coefficient (Wildman–Crippen LogP) is 3.88. The molecule has 0 N–H and O–H groups in total. The molecule has 0 radical (unpaired) electrons. The molecule has 2 aromatic heterocycles. The summed E-state index contributed by atoms with van der Waals surface area (Å²) in [6.45, 7) is 1.49. The van der Waals surface area contributed by atoms with Crippen LogP contribution in [0.2, 0.25) is 0 Å². The zero-order chi connectivity index (χ0) is 20.2. The van der Waals surface area contributed by atoms with Gasteiger partial charge in [0.25, 0.3) is 0 Å². The van der Waals surface area contributed by atoms with Gasteiger partial charge in [-0.25, -0.2) is 14.3 Å². The van der Waals surface area contributed by atoms with Crippen molar-refractivity contribution in [2.75, 3.05) is 0 Å². The van der Waals surface area contributed by atoms with E-state index < -0.39 is 46.9 Å². The molecule has 1 aliphatic rings. The van der Waals surface area contributed by atoms with Gasteiger partial charge in [0, 0.05) is 12.3 Å². The summed E-state index contributed by atoms with van der Waals surface area (Å²) in [5, 5.41) is 3.66. The van der Waals surface area contributed by atoms with Gasteiger partial charge in [0.2, 0.25) is 5.88 Å². The van der Waals surface area contributed by atoms with E-state index in [-0.39, 0.29) is 18.5 Å². The molecule has 0 unspecified atom stereocenters. The smallest absolute Gasteiger partial charge is 0.399 e. The number of carbonyl (C=O) groups is 1. The molecule has 11 heteroatoms. The van der Waals surface area contributed by atoms with Crippen LogP contribution in [-0.2, 0) is 10.2 Å². The van der Waals surface area contributed by atoms with Crippen LogP contribution in [0.15, 0.2) is 12.3 Å². The van der Waals surface area contributed by atoms with Crippen LogP contribution in [0.1, 0.15) is 49.7 Å². The van der Waals surface area contributed by atoms with E-state index in [4.69, 9.17) is 4.74 Å². The number of esters is 1. The van der Waals surface area contributed by atoms with Crippen LogP contribution in [0.4, 0.5) is 22.0 Å². The van der Waals surface area contributed by atoms with Crippen LogP contribution in [-0.4, -0.2) is 39.0 Å². The first-order chi connectivity index (χ1) is 12.3. The van der Waals surface area contributed by atoms with Gasteiger partial charge in [-0.05, 0) is 33.6 Å². The highest BCUT2D eigenvalue weighted by molar-refractivity contribution is 5.91. The van der Waals surface area contributed by atoms with Gasteiger partial charge < -0.3 is 9.47 Å². The van der Waals surface area contributed by atoms with E-state index in [1.165, 1.54) is 0 Å². The van der Waals surface area contributed by atoms with Crippen LogP contribution in [0.25, 0.3) is 5.65 Å². The summed E-state index contributed by atoms with van der Waals surface area (Å²) in [6.07, 6.45) is -4.27. The van der Waals surface area contributed by atoms with Gasteiger partial charge in [-0.1, -0.05) is 0 Å². The molecule has 0 aromatic carbocycles. The van der Waals surface area contributed by atoms with Crippen molar-refractivity contribution in [1.29, 1.82) is 0 Å². The van der Waals surface area contributed by atoms with Crippen LogP contribution in [0, 0.1) is 0 Å². The Labute approximate surface area is 150 Å². The van der Waals surface area contributed by atoms with Crippen molar-refractivity contribution in [3.63, 3.8) is 0 Å². The monoisotopic (exact) mass is 393 g/mol. The largest absolute Gasteiger partial charge is 0.456 e. The first-order valence-electron chi connectivity index (χ1n) is 7.98. The van der Waals surface area contributed by atoms with E-state index in [1.807, 2.05) is 0 Å². The molecule has 3 rings (SSSR count). The molecule has 0 spiro atoms. The lowest BCUT2D eigenvalue weighted by molar-refractivity contribution is -0.162. The maximum absolute atomic E-state index is 13.7. The van der Waals surface area contributed by atoms with Crippen molar-refractivity contribution in [2.45, 2.75) is 57.4 Å². The Morgan fingerprint density at radius 1 is 1.26 bits per heavy atom. The third kappa shape index (κ3) is 3.54. The Kier molecular flexibility index (Phi) is 4.31. The second-order valence-corrected chi connectivity index (χ2v) is 7.23. The molecule has 1 aliphatic carbocycles. The quantitative estimate of drug-likeness (QED) is 0.583. The number of nitrogens with zero attached hydrogens (tertiary/aromatic N) is 3. The summed E-state index contributed by atoms with van der Waals surface area (Å²) in [4.78, 5) is 16.3. The average molecular weight is 393 g/mol. The van der Waals surface area contributed by atoms with Crippen molar-refractivity contribution in [3.8, 4) is 5.88 Å². The molecular weight excluding hydrogens is 377 g/mol. The van der Waals surface area contributed by atoms with E-state index in [9.17, 15) is 26.7 Å². The molecule has 0 atom stereocenters. The fraction of sp³-hybridized carbons (Fsp3) is 0.562. The second kappa shape index (κ2) is 6.03. The number of alkyl halides is 5. The summed E-state index contributed by atoms with van der Waals surface area (Å²) >= 11 is 0. The minimum Gasteiger partial charge on any atom is -0.456 e. The zero-order valence-corrected chi connectivity index (χ0v) is 14.6. The third-order valence-corrected chi connectivity index (χ3v) is 4.04. The van der Waals surface area contributed by atoms with Gasteiger partial charge in [0.15, 0.2) is 5.65 Å². The highest BCUT2D eigenvalue weighted by Crippen LogP contribution is 2.59. The van der Waals surface area contributed by atoms with E-state index >= 15 is 0 Å². The Balaban J connectivity index is 2.21. The molecule has 6 nitrogen and oxygen atoms in total. The Morgan fingerprint density at radius 2 is 1.89 bits per heavy atom. The second-order valence-electron chi connectivity index (χ2n) is 7.23. The summed E-state index contributed by atoms with van der Waals surface area (Å²) in [5.41, 5.74) is -4.33. The normalized spacial score (nSPS) is 16.6. The molecule has 0 bridgehead atoms. The highest BCUT2D eigenvalue weighted by atomic mass is 19.4. The number of hydrogen-bond acceptors (Lipinski definition) is 5. The van der Waals surface area contributed by atoms with Crippen LogP contribution < -0.4 is 4.74 Å². The van der Waals surface area contributed by atoms with Gasteiger partial charge in [-0.15, -0.1) is 5.10 Å². The van der Waals surface area contributed by atoms with Gasteiger partial charge in [0.1, 0.15) is 16.6 Å². The third-order valence-electron chi connectivity index (χ3n) is 4.04. The topological polar surface area (TPSA) is 65.7 Å². The lowest BCUT2D eigenvalue weighted by atomic mass is 9.97. The first kappa shape index (κ1) is 19.3. The van der Waals surface area contributed by atoms with Crippen LogP contribution in [0.3, 0.4) is 0 Å². The Bertz CT molecular complexity index is 882. The van der Waals surface area contributed by atoms with Gasteiger partial charge in [-0.2, -0.15) is 22.0 Å². The SMILES string of the molecule is CC(C)(C)OC(=O)c1cnc2cc(OC(F)F)nn2c1C1(C(F)(F)F)CC1. The van der Waals surface area contributed by atoms with Crippen molar-refractivity contribution < 1.29 is 36.2 Å². The van der Waals surface area contributed by atoms with Gasteiger partial charge in [0.05, 0.1) is 5.69 Å². The fourth-order valence-electron chi connectivity index (χ4n) is 2.78. The molecule has 1 fully saturated rings. The van der Waals surface area contributed by atoms with E-state index in [0.29, 0.717) is 0 Å². The van der Waals surface area contributed by atoms with E-state index in [2.05, 4.69) is 14.8 Å². The van der Waals surface area contributed by atoms with Crippen molar-refractivity contribution in [2.24, 2.45) is 0 Å². The standard InChI is InChI=1S/C16H16F5N3O3/c1-14(2,3)27-12(25)8-7-22-9-6-10(26-13(17)18)23-24(9)11(8)15(4-5-15)16(19,20)21/h6-7,13H,4-5H2,1-3H3. The molecular formula is C16H16F5N3O3. The first-order valence-corrected chi connectivity index (χ1v) is 7.98. The summed E-state index contributed by atoms with van der Waals surface area (Å²) in [6, 6.07) is 0.973. The van der Waals surface area contributed by atoms with Crippen molar-refractivity contribution in [1.82, 2.24) is 14.6 Å². The molecule has 0 saturated heterocycles. The number of aromatic nitrogens is 3. The van der Waals surface area contributed by atoms with Crippen LogP contribution in [0.5, 0.6) is 5.88 Å². The summed E-state index contributed by atoms with van der Waals surface area (Å²) in [5.74, 6) is -1.60. The Morgan fingerprint density at radius 3 is 2.37 bits per heavy atom. The fourth-order valence-corrected chi connectivity index (χ4v) is 2.78. The number of rotatable bonds is 4. The number of fused-ring (bicyclic) bond motifs is 1. The van der Waals surface area contributed by atoms with Crippen LogP contribution >= 0.6 is 0 Å². The zero-order valence-electron chi connectivity index (χ0n) is 14.6. The number of hydrogen-bond donors (Lipinski definition) is 0. The molecule has 27 heavy (non-hydrogen) atoms. The lowest BCUT2D eigenvalue weighted by Crippen LogP contribution is -2.34. The summed E-state index contributed by atoms with van der Waals surface area (Å²) < 4.78 is 76.2. The van der Waals surface area contributed by atoms with Crippen molar-refractivity contribution in [3.05, 3.63) is 23.5 Å². The lowest BCUT2D eigenvalue weighted by Gasteiger charge is -2.24. The maximum atomic E-state index is 13.7. The molecule has 2 heterocycles. The maximum Gasteiger partial charge on any atom is 0.399 e. The molecule has 148 valence electrons. The van der Waals surface area contributed by atoms with Crippen molar-refractivity contribution >= 4 is 11.6 Å². The predicted molar refractivity (Wildman–Crippen MR) is 81.8 cm³/mol. The van der Waals surface area contributed by atoms with Gasteiger partial charge in [-0.3, -0.25) is 0 Å². The number of halogens is 5. The molecule has 0 aliphatic heterocycles. The number of ether oxygens (including phenoxy) is 2. The van der Waals surface area contributed by atoms with Gasteiger partial charge >= 0.3 is 18.8 Å². The minimum atomic E-state index is -4.67. The average Bonchev–Trinajstić information content (AvgIpc) is 3.19. The minimum absolute atomic E-state index is 0.150. The number of carbonyl (C=O) groups excluding carboxylic acids is 1.